The first-order valence-electron chi connectivity index (χ1n) is 33.6. The van der Waals surface area contributed by atoms with Gasteiger partial charge in [-0.1, -0.05) is 321 Å². The van der Waals surface area contributed by atoms with Crippen LogP contribution in [0.1, 0.15) is 354 Å². The first-order valence-corrected chi connectivity index (χ1v) is 35.0. The fourth-order valence-corrected chi connectivity index (χ4v) is 11.3. The molecule has 3 N–H and O–H groups in total. The van der Waals surface area contributed by atoms with Gasteiger partial charge in [-0.15, -0.1) is 0 Å². The molecule has 8 nitrogen and oxygen atoms in total. The maximum absolute atomic E-state index is 13.1. The average Bonchev–Trinajstić information content (AvgIpc) is 3.37. The molecule has 3 atom stereocenters. The summed E-state index contributed by atoms with van der Waals surface area (Å²) in [5.74, 6) is -0.137. The van der Waals surface area contributed by atoms with Crippen LogP contribution < -0.4 is 5.32 Å². The van der Waals surface area contributed by atoms with Crippen molar-refractivity contribution in [2.45, 2.75) is 366 Å². The molecule has 0 aliphatic rings. The van der Waals surface area contributed by atoms with Crippen molar-refractivity contribution in [1.82, 2.24) is 5.32 Å². The van der Waals surface area contributed by atoms with E-state index in [4.69, 9.17) is 9.05 Å². The largest absolute Gasteiger partial charge is 0.472 e. The molecule has 448 valence electrons. The summed E-state index contributed by atoms with van der Waals surface area (Å²) in [5, 5.41) is 14.1. The minimum absolute atomic E-state index is 0.0778. The zero-order valence-corrected chi connectivity index (χ0v) is 52.2. The zero-order valence-electron chi connectivity index (χ0n) is 51.3. The van der Waals surface area contributed by atoms with Crippen molar-refractivity contribution >= 4 is 13.7 Å². The maximum Gasteiger partial charge on any atom is 0.472 e. The van der Waals surface area contributed by atoms with Gasteiger partial charge in [0.1, 0.15) is 13.2 Å². The summed E-state index contributed by atoms with van der Waals surface area (Å²) in [6, 6.07) is -0.759. The number of rotatable bonds is 63. The summed E-state index contributed by atoms with van der Waals surface area (Å²) in [7, 11) is 1.64. The molecule has 0 aromatic carbocycles. The summed E-state index contributed by atoms with van der Waals surface area (Å²) >= 11 is 0. The molecule has 0 rings (SSSR count). The van der Waals surface area contributed by atoms with E-state index in [-0.39, 0.29) is 19.1 Å². The molecule has 0 heterocycles. The van der Waals surface area contributed by atoms with Crippen LogP contribution in [0.3, 0.4) is 0 Å². The Bertz CT molecular complexity index is 1230. The highest BCUT2D eigenvalue weighted by Gasteiger charge is 2.28. The Kier molecular flexibility index (Phi) is 57.3. The molecule has 0 aromatic heterocycles. The molecule has 0 aromatic rings. The SMILES string of the molecule is CCCCCCCCCC/C=C\CCCCCCCCCCCCCCCC(=O)NC(COP(=O)(O)OCC[N+](C)(C)C)C(O)CCCCCCCCCCCCCCCCCCCCCCCCCCCCCC. The predicted molar refractivity (Wildman–Crippen MR) is 328 cm³/mol. The first kappa shape index (κ1) is 74.2. The number of quaternary nitrogens is 1. The minimum atomic E-state index is -4.33. The number of aliphatic hydroxyl groups is 1. The Labute approximate surface area is 469 Å². The van der Waals surface area contributed by atoms with E-state index in [1.807, 2.05) is 21.1 Å². The Balaban J connectivity index is 4.04. The van der Waals surface area contributed by atoms with Gasteiger partial charge in [-0.2, -0.15) is 0 Å². The topological polar surface area (TPSA) is 105 Å². The van der Waals surface area contributed by atoms with E-state index >= 15 is 0 Å². The number of likely N-dealkylation sites (N-methyl/N-ethyl adjacent to an activating group) is 1. The number of hydrogen-bond acceptors (Lipinski definition) is 5. The number of nitrogens with one attached hydrogen (secondary N) is 1. The summed E-state index contributed by atoms with van der Waals surface area (Å²) in [6.07, 6.45) is 73.0. The Morgan fingerprint density at radius 2 is 0.720 bits per heavy atom. The summed E-state index contributed by atoms with van der Waals surface area (Å²) in [6.45, 7) is 4.95. The van der Waals surface area contributed by atoms with Crippen LogP contribution in [0.5, 0.6) is 0 Å². The van der Waals surface area contributed by atoms with Crippen molar-refractivity contribution in [3.05, 3.63) is 12.2 Å². The van der Waals surface area contributed by atoms with E-state index in [0.29, 0.717) is 23.9 Å². The van der Waals surface area contributed by atoms with E-state index in [1.165, 1.54) is 289 Å². The van der Waals surface area contributed by atoms with E-state index in [1.54, 1.807) is 0 Å². The van der Waals surface area contributed by atoms with Gasteiger partial charge in [0.2, 0.25) is 5.91 Å². The van der Waals surface area contributed by atoms with Gasteiger partial charge in [-0.05, 0) is 38.5 Å². The summed E-state index contributed by atoms with van der Waals surface area (Å²) in [4.78, 5) is 23.4. The molecular weight excluding hydrogens is 948 g/mol. The van der Waals surface area contributed by atoms with Crippen LogP contribution in [-0.2, 0) is 18.4 Å². The van der Waals surface area contributed by atoms with Crippen molar-refractivity contribution in [2.24, 2.45) is 0 Å². The molecule has 3 unspecified atom stereocenters. The first-order chi connectivity index (χ1) is 36.5. The van der Waals surface area contributed by atoms with Crippen LogP contribution in [0.4, 0.5) is 0 Å². The van der Waals surface area contributed by atoms with Gasteiger partial charge in [0, 0.05) is 6.42 Å². The number of allylic oxidation sites excluding steroid dienone is 2. The number of hydrogen-bond donors (Lipinski definition) is 3. The molecule has 0 bridgehead atoms. The number of aliphatic hydroxyl groups excluding tert-OH is 1. The van der Waals surface area contributed by atoms with Crippen LogP contribution in [0.25, 0.3) is 0 Å². The molecule has 1 amide bonds. The van der Waals surface area contributed by atoms with Gasteiger partial charge in [0.25, 0.3) is 0 Å². The molecule has 0 spiro atoms. The van der Waals surface area contributed by atoms with Crippen molar-refractivity contribution in [1.29, 1.82) is 0 Å². The normalized spacial score (nSPS) is 13.7. The van der Waals surface area contributed by atoms with E-state index in [2.05, 4.69) is 31.3 Å². The molecule has 75 heavy (non-hydrogen) atoms. The highest BCUT2D eigenvalue weighted by atomic mass is 31.2. The zero-order chi connectivity index (χ0) is 54.9. The number of nitrogens with zero attached hydrogens (tertiary/aromatic N) is 1. The van der Waals surface area contributed by atoms with Crippen LogP contribution in [-0.4, -0.2) is 73.4 Å². The van der Waals surface area contributed by atoms with Crippen molar-refractivity contribution < 1.29 is 32.9 Å². The standard InChI is InChI=1S/C66H133N2O6P/c1-6-8-10-12-14-16-18-20-22-24-26-28-30-32-33-34-36-37-39-41-43-45-47-49-51-53-55-57-59-65(69)64(63-74-75(71,72)73-62-61-68(3,4)5)67-66(70)60-58-56-54-52-50-48-46-44-42-40-38-35-31-29-27-25-23-21-19-17-15-13-11-9-7-2/h25,27,64-65,69H,6-24,26,28-63H2,1-5H3,(H-,67,70,71,72)/p+1/b27-25-. The van der Waals surface area contributed by atoms with Gasteiger partial charge < -0.3 is 19.8 Å². The predicted octanol–water partition coefficient (Wildman–Crippen LogP) is 20.9. The minimum Gasteiger partial charge on any atom is -0.391 e. The van der Waals surface area contributed by atoms with Crippen LogP contribution in [0.2, 0.25) is 0 Å². The van der Waals surface area contributed by atoms with Crippen molar-refractivity contribution in [3.63, 3.8) is 0 Å². The summed E-state index contributed by atoms with van der Waals surface area (Å²) < 4.78 is 23.9. The second-order valence-electron chi connectivity index (χ2n) is 24.6. The number of phosphoric acid groups is 1. The third kappa shape index (κ3) is 60.7. The van der Waals surface area contributed by atoms with Gasteiger partial charge in [0.15, 0.2) is 0 Å². The molecule has 0 aliphatic heterocycles. The van der Waals surface area contributed by atoms with Crippen molar-refractivity contribution in [2.75, 3.05) is 40.9 Å². The van der Waals surface area contributed by atoms with Gasteiger partial charge in [0.05, 0.1) is 39.9 Å². The highest BCUT2D eigenvalue weighted by Crippen LogP contribution is 2.43. The van der Waals surface area contributed by atoms with Gasteiger partial charge >= 0.3 is 7.82 Å². The second kappa shape index (κ2) is 57.9. The number of carbonyl (C=O) groups excluding carboxylic acids is 1. The Morgan fingerprint density at radius 1 is 0.440 bits per heavy atom. The fourth-order valence-electron chi connectivity index (χ4n) is 10.5. The maximum atomic E-state index is 13.1. The van der Waals surface area contributed by atoms with Crippen LogP contribution in [0, 0.1) is 0 Å². The lowest BCUT2D eigenvalue weighted by Crippen LogP contribution is -2.46. The van der Waals surface area contributed by atoms with Gasteiger partial charge in [-0.25, -0.2) is 4.57 Å². The number of unbranched alkanes of at least 4 members (excludes halogenated alkanes) is 48. The van der Waals surface area contributed by atoms with E-state index < -0.39 is 20.0 Å². The Hall–Kier alpha value is -0.760. The fraction of sp³-hybridized carbons (Fsp3) is 0.955. The van der Waals surface area contributed by atoms with E-state index in [0.717, 1.165) is 38.5 Å². The number of amides is 1. The van der Waals surface area contributed by atoms with Crippen LogP contribution in [0.15, 0.2) is 12.2 Å². The molecule has 9 heteroatoms. The molecule has 0 saturated heterocycles. The molecule has 0 radical (unpaired) electrons. The molecule has 0 fully saturated rings. The Morgan fingerprint density at radius 3 is 1.03 bits per heavy atom. The van der Waals surface area contributed by atoms with Gasteiger partial charge in [-0.3, -0.25) is 13.8 Å². The van der Waals surface area contributed by atoms with E-state index in [9.17, 15) is 19.4 Å². The van der Waals surface area contributed by atoms with Crippen molar-refractivity contribution in [3.8, 4) is 0 Å². The second-order valence-corrected chi connectivity index (χ2v) is 26.0. The molecule has 0 saturated carbocycles. The summed E-state index contributed by atoms with van der Waals surface area (Å²) in [5.41, 5.74) is 0. The third-order valence-corrected chi connectivity index (χ3v) is 16.7. The monoisotopic (exact) mass is 1080 g/mol. The lowest BCUT2D eigenvalue weighted by molar-refractivity contribution is -0.870. The third-order valence-electron chi connectivity index (χ3n) is 15.8. The molecule has 0 aliphatic carbocycles. The lowest BCUT2D eigenvalue weighted by Gasteiger charge is -2.26. The smallest absolute Gasteiger partial charge is 0.391 e. The van der Waals surface area contributed by atoms with Crippen LogP contribution >= 0.6 is 7.82 Å². The molecular formula is C66H134N2O6P+. The average molecular weight is 1080 g/mol. The highest BCUT2D eigenvalue weighted by molar-refractivity contribution is 7.47. The quantitative estimate of drug-likeness (QED) is 0.0243. The number of phosphoric ester groups is 1. The number of carbonyl (C=O) groups is 1. The lowest BCUT2D eigenvalue weighted by atomic mass is 10.0.